The van der Waals surface area contributed by atoms with E-state index in [0.717, 1.165) is 25.5 Å². The molecule has 16 heavy (non-hydrogen) atoms. The van der Waals surface area contributed by atoms with Crippen LogP contribution in [0.3, 0.4) is 0 Å². The molecule has 1 unspecified atom stereocenters. The Morgan fingerprint density at radius 3 is 2.31 bits per heavy atom. The maximum Gasteiger partial charge on any atom is 0.410 e. The van der Waals surface area contributed by atoms with Crippen molar-refractivity contribution in [2.75, 3.05) is 7.05 Å². The maximum absolute atomic E-state index is 11.7. The average molecular weight is 227 g/mol. The number of hydrogen-bond acceptors (Lipinski definition) is 3. The highest BCUT2D eigenvalue weighted by Crippen LogP contribution is 2.31. The second-order valence-electron chi connectivity index (χ2n) is 5.41. The van der Waals surface area contributed by atoms with E-state index in [0.29, 0.717) is 5.92 Å². The van der Waals surface area contributed by atoms with Gasteiger partial charge in [-0.2, -0.15) is 0 Å². The molecule has 1 aliphatic carbocycles. The highest BCUT2D eigenvalue weighted by atomic mass is 16.6. The minimum Gasteiger partial charge on any atom is -0.444 e. The molecular formula is C12H21NO3. The molecule has 1 rings (SSSR count). The zero-order valence-corrected chi connectivity index (χ0v) is 10.5. The van der Waals surface area contributed by atoms with E-state index in [9.17, 15) is 9.59 Å². The minimum atomic E-state index is -0.515. The fraction of sp³-hybridized carbons (Fsp3) is 0.833. The van der Waals surface area contributed by atoms with E-state index in [4.69, 9.17) is 4.74 Å². The number of rotatable bonds is 3. The molecule has 1 aliphatic rings. The first-order chi connectivity index (χ1) is 7.35. The highest BCUT2D eigenvalue weighted by Gasteiger charge is 2.33. The van der Waals surface area contributed by atoms with Crippen LogP contribution in [-0.2, 0) is 9.53 Å². The molecular weight excluding hydrogens is 206 g/mol. The van der Waals surface area contributed by atoms with E-state index in [-0.39, 0.29) is 6.04 Å². The first kappa shape index (κ1) is 13.0. The van der Waals surface area contributed by atoms with Crippen molar-refractivity contribution in [1.82, 2.24) is 4.90 Å². The Hall–Kier alpha value is -1.06. The normalized spacial score (nSPS) is 18.5. The third kappa shape index (κ3) is 3.22. The van der Waals surface area contributed by atoms with Gasteiger partial charge in [0.15, 0.2) is 0 Å². The molecule has 0 spiro atoms. The van der Waals surface area contributed by atoms with Gasteiger partial charge in [0.05, 0.1) is 6.04 Å². The minimum absolute atomic E-state index is 0.315. The van der Waals surface area contributed by atoms with Crippen molar-refractivity contribution in [2.45, 2.75) is 51.7 Å². The number of hydrogen-bond donors (Lipinski definition) is 0. The summed E-state index contributed by atoms with van der Waals surface area (Å²) < 4.78 is 5.23. The van der Waals surface area contributed by atoms with Crippen LogP contribution in [0.1, 0.15) is 40.0 Å². The summed E-state index contributed by atoms with van der Waals surface area (Å²) in [6.45, 7) is 5.45. The van der Waals surface area contributed by atoms with E-state index in [1.54, 1.807) is 7.05 Å². The summed E-state index contributed by atoms with van der Waals surface area (Å²) in [7, 11) is 1.63. The molecule has 0 aromatic rings. The molecule has 4 nitrogen and oxygen atoms in total. The van der Waals surface area contributed by atoms with Crippen molar-refractivity contribution in [3.05, 3.63) is 0 Å². The van der Waals surface area contributed by atoms with Gasteiger partial charge in [0.1, 0.15) is 11.9 Å². The lowest BCUT2D eigenvalue weighted by Gasteiger charge is -2.36. The van der Waals surface area contributed by atoms with Gasteiger partial charge in [0, 0.05) is 7.05 Å². The van der Waals surface area contributed by atoms with Gasteiger partial charge in [-0.25, -0.2) is 4.79 Å². The Morgan fingerprint density at radius 2 is 2.00 bits per heavy atom. The van der Waals surface area contributed by atoms with Crippen LogP contribution in [0.4, 0.5) is 4.79 Å². The molecule has 0 bridgehead atoms. The largest absolute Gasteiger partial charge is 0.444 e. The zero-order valence-electron chi connectivity index (χ0n) is 10.5. The second-order valence-corrected chi connectivity index (χ2v) is 5.41. The third-order valence-corrected chi connectivity index (χ3v) is 2.90. The number of ether oxygens (including phenoxy) is 1. The van der Waals surface area contributed by atoms with Gasteiger partial charge in [0.25, 0.3) is 0 Å². The number of carbonyl (C=O) groups is 2. The predicted octanol–water partition coefficient (Wildman–Crippen LogP) is 2.22. The lowest BCUT2D eigenvalue weighted by Crippen LogP contribution is -2.47. The van der Waals surface area contributed by atoms with Gasteiger partial charge in [-0.15, -0.1) is 0 Å². The van der Waals surface area contributed by atoms with Gasteiger partial charge < -0.3 is 14.4 Å². The van der Waals surface area contributed by atoms with Crippen LogP contribution in [0.5, 0.6) is 0 Å². The van der Waals surface area contributed by atoms with Gasteiger partial charge in [-0.05, 0) is 39.5 Å². The predicted molar refractivity (Wildman–Crippen MR) is 61.2 cm³/mol. The van der Waals surface area contributed by atoms with E-state index in [2.05, 4.69) is 0 Å². The molecule has 0 aromatic carbocycles. The van der Waals surface area contributed by atoms with Crippen LogP contribution < -0.4 is 0 Å². The van der Waals surface area contributed by atoms with Crippen LogP contribution in [0.25, 0.3) is 0 Å². The van der Waals surface area contributed by atoms with Crippen LogP contribution in [0, 0.1) is 5.92 Å². The SMILES string of the molecule is CN(C(=O)OC(C)(C)C)C(C=O)C1CCC1. The molecule has 0 N–H and O–H groups in total. The number of aldehydes is 1. The molecule has 0 aliphatic heterocycles. The number of nitrogens with zero attached hydrogens (tertiary/aromatic N) is 1. The molecule has 4 heteroatoms. The fourth-order valence-electron chi connectivity index (χ4n) is 1.76. The lowest BCUT2D eigenvalue weighted by molar-refractivity contribution is -0.114. The molecule has 0 saturated heterocycles. The van der Waals surface area contributed by atoms with Gasteiger partial charge in [0.2, 0.25) is 0 Å². The summed E-state index contributed by atoms with van der Waals surface area (Å²) in [6, 6.07) is -0.330. The molecule has 1 saturated carbocycles. The first-order valence-electron chi connectivity index (χ1n) is 5.76. The van der Waals surface area contributed by atoms with Crippen LogP contribution in [0.2, 0.25) is 0 Å². The number of amides is 1. The van der Waals surface area contributed by atoms with Crippen molar-refractivity contribution in [3.8, 4) is 0 Å². The van der Waals surface area contributed by atoms with Gasteiger partial charge >= 0.3 is 6.09 Å². The van der Waals surface area contributed by atoms with Gasteiger partial charge in [-0.1, -0.05) is 6.42 Å². The quantitative estimate of drug-likeness (QED) is 0.694. The Labute approximate surface area is 96.9 Å². The fourth-order valence-corrected chi connectivity index (χ4v) is 1.76. The van der Waals surface area contributed by atoms with Crippen molar-refractivity contribution in [2.24, 2.45) is 5.92 Å². The van der Waals surface area contributed by atoms with E-state index >= 15 is 0 Å². The molecule has 0 heterocycles. The summed E-state index contributed by atoms with van der Waals surface area (Å²) in [6.07, 6.45) is 3.63. The molecule has 1 amide bonds. The Morgan fingerprint density at radius 1 is 1.44 bits per heavy atom. The van der Waals surface area contributed by atoms with Gasteiger partial charge in [-0.3, -0.25) is 0 Å². The first-order valence-corrected chi connectivity index (χ1v) is 5.76. The van der Waals surface area contributed by atoms with Crippen molar-refractivity contribution in [1.29, 1.82) is 0 Å². The molecule has 0 aromatic heterocycles. The van der Waals surface area contributed by atoms with Crippen molar-refractivity contribution < 1.29 is 14.3 Å². The zero-order chi connectivity index (χ0) is 12.3. The van der Waals surface area contributed by atoms with E-state index in [1.807, 2.05) is 20.8 Å². The Bertz CT molecular complexity index is 266. The van der Waals surface area contributed by atoms with E-state index in [1.165, 1.54) is 4.90 Å². The molecule has 92 valence electrons. The highest BCUT2D eigenvalue weighted by molar-refractivity contribution is 5.73. The third-order valence-electron chi connectivity index (χ3n) is 2.90. The van der Waals surface area contributed by atoms with Crippen LogP contribution in [0.15, 0.2) is 0 Å². The van der Waals surface area contributed by atoms with Crippen molar-refractivity contribution >= 4 is 12.4 Å². The average Bonchev–Trinajstić information content (AvgIpc) is 2.06. The monoisotopic (exact) mass is 227 g/mol. The smallest absolute Gasteiger partial charge is 0.410 e. The summed E-state index contributed by atoms with van der Waals surface area (Å²) in [5, 5.41) is 0. The number of likely N-dealkylation sites (N-methyl/N-ethyl adjacent to an activating group) is 1. The maximum atomic E-state index is 11.7. The summed E-state index contributed by atoms with van der Waals surface area (Å²) in [5.41, 5.74) is -0.515. The number of carbonyl (C=O) groups excluding carboxylic acids is 2. The summed E-state index contributed by atoms with van der Waals surface area (Å²) in [5.74, 6) is 0.315. The Balaban J connectivity index is 2.56. The van der Waals surface area contributed by atoms with Crippen LogP contribution >= 0.6 is 0 Å². The topological polar surface area (TPSA) is 46.6 Å². The molecule has 0 radical (unpaired) electrons. The van der Waals surface area contributed by atoms with Crippen molar-refractivity contribution in [3.63, 3.8) is 0 Å². The van der Waals surface area contributed by atoms with Crippen LogP contribution in [-0.4, -0.2) is 36.0 Å². The lowest BCUT2D eigenvalue weighted by atomic mass is 9.80. The molecule has 1 atom stereocenters. The Kier molecular flexibility index (Phi) is 3.94. The molecule has 1 fully saturated rings. The summed E-state index contributed by atoms with van der Waals surface area (Å²) >= 11 is 0. The van der Waals surface area contributed by atoms with E-state index < -0.39 is 11.7 Å². The standard InChI is InChI=1S/C12H21NO3/c1-12(2,3)16-11(15)13(4)10(8-14)9-6-5-7-9/h8-10H,5-7H2,1-4H3. The second kappa shape index (κ2) is 4.85. The summed E-state index contributed by atoms with van der Waals surface area (Å²) in [4.78, 5) is 24.2.